The number of aromatic carboxylic acids is 1. The van der Waals surface area contributed by atoms with Crippen LogP contribution in [-0.2, 0) is 0 Å². The van der Waals surface area contributed by atoms with Crippen molar-refractivity contribution < 1.29 is 15.0 Å². The molecule has 1 aromatic carbocycles. The minimum Gasteiger partial charge on any atom is -0.506 e. The van der Waals surface area contributed by atoms with Gasteiger partial charge >= 0.3 is 5.97 Å². The van der Waals surface area contributed by atoms with Crippen LogP contribution < -0.4 is 5.43 Å². The van der Waals surface area contributed by atoms with E-state index in [0.29, 0.717) is 21.8 Å². The van der Waals surface area contributed by atoms with Crippen molar-refractivity contribution in [2.45, 2.75) is 0 Å². The number of rotatable bonds is 1. The molecule has 0 saturated carbocycles. The van der Waals surface area contributed by atoms with Crippen molar-refractivity contribution >= 4 is 27.8 Å². The number of nitrogens with one attached hydrogen (secondary N) is 1. The summed E-state index contributed by atoms with van der Waals surface area (Å²) in [6.07, 6.45) is 2.38. The van der Waals surface area contributed by atoms with Crippen molar-refractivity contribution in [3.05, 3.63) is 46.4 Å². The van der Waals surface area contributed by atoms with Gasteiger partial charge in [0.25, 0.3) is 0 Å². The maximum absolute atomic E-state index is 11.2. The highest BCUT2D eigenvalue weighted by atomic mass is 16.4. The summed E-state index contributed by atoms with van der Waals surface area (Å²) < 4.78 is 0. The molecule has 0 amide bonds. The summed E-state index contributed by atoms with van der Waals surface area (Å²) in [5, 5.41) is 19.9. The molecule has 0 aliphatic rings. The van der Waals surface area contributed by atoms with Gasteiger partial charge in [-0.05, 0) is 12.1 Å². The Morgan fingerprint density at radius 1 is 1.32 bits per heavy atom. The molecule has 6 heteroatoms. The molecule has 0 unspecified atom stereocenters. The fraction of sp³-hybridized carbons (Fsp3) is 0. The quantitative estimate of drug-likeness (QED) is 0.572. The Morgan fingerprint density at radius 3 is 2.84 bits per heavy atom. The number of aromatic hydroxyl groups is 1. The maximum Gasteiger partial charge on any atom is 0.341 e. The number of hydrogen-bond donors (Lipinski definition) is 3. The minimum absolute atomic E-state index is 0.210. The number of carboxylic acids is 1. The van der Waals surface area contributed by atoms with E-state index in [1.807, 2.05) is 0 Å². The summed E-state index contributed by atoms with van der Waals surface area (Å²) in [6, 6.07) is 4.60. The molecular formula is C13H8N2O4. The number of aromatic nitrogens is 2. The van der Waals surface area contributed by atoms with Crippen LogP contribution >= 0.6 is 0 Å². The number of pyridine rings is 2. The Hall–Kier alpha value is -2.89. The van der Waals surface area contributed by atoms with Crippen molar-refractivity contribution in [3.8, 4) is 5.75 Å². The van der Waals surface area contributed by atoms with Gasteiger partial charge in [-0.1, -0.05) is 6.07 Å². The van der Waals surface area contributed by atoms with E-state index in [0.717, 1.165) is 0 Å². The Kier molecular flexibility index (Phi) is 2.25. The fourth-order valence-corrected chi connectivity index (χ4v) is 2.05. The SMILES string of the molecule is O=C(O)c1c[nH]c2c(ccc3cc(=O)cnc32)c1O. The van der Waals surface area contributed by atoms with Gasteiger partial charge in [0.05, 0.1) is 17.2 Å². The van der Waals surface area contributed by atoms with Crippen LogP contribution in [0.25, 0.3) is 21.8 Å². The number of benzene rings is 1. The van der Waals surface area contributed by atoms with E-state index in [2.05, 4.69) is 9.97 Å². The smallest absolute Gasteiger partial charge is 0.341 e. The van der Waals surface area contributed by atoms with Gasteiger partial charge in [0, 0.05) is 17.0 Å². The first-order valence-electron chi connectivity index (χ1n) is 5.44. The zero-order valence-electron chi connectivity index (χ0n) is 9.54. The topological polar surface area (TPSA) is 103 Å². The summed E-state index contributed by atoms with van der Waals surface area (Å²) in [5.41, 5.74) is 0.565. The number of fused-ring (bicyclic) bond motifs is 3. The Balaban J connectivity index is 2.48. The number of carbonyl (C=O) groups is 1. The summed E-state index contributed by atoms with van der Waals surface area (Å²) >= 11 is 0. The second-order valence-electron chi connectivity index (χ2n) is 4.09. The van der Waals surface area contributed by atoms with Crippen molar-refractivity contribution in [1.29, 1.82) is 0 Å². The second-order valence-corrected chi connectivity index (χ2v) is 4.09. The lowest BCUT2D eigenvalue weighted by Gasteiger charge is -2.07. The molecule has 3 N–H and O–H groups in total. The minimum atomic E-state index is -1.22. The second kappa shape index (κ2) is 3.81. The highest BCUT2D eigenvalue weighted by Crippen LogP contribution is 2.30. The molecule has 0 atom stereocenters. The maximum atomic E-state index is 11.2. The van der Waals surface area contributed by atoms with Crippen LogP contribution in [0.1, 0.15) is 10.4 Å². The highest BCUT2D eigenvalue weighted by molar-refractivity contribution is 6.07. The molecule has 2 heterocycles. The van der Waals surface area contributed by atoms with Crippen LogP contribution in [-0.4, -0.2) is 26.2 Å². The average Bonchev–Trinajstić information content (AvgIpc) is 2.38. The van der Waals surface area contributed by atoms with E-state index in [9.17, 15) is 14.7 Å². The number of carboxylic acid groups (broad SMARTS) is 1. The van der Waals surface area contributed by atoms with Crippen LogP contribution in [0, 0.1) is 0 Å². The summed E-state index contributed by atoms with van der Waals surface area (Å²) in [7, 11) is 0. The molecule has 2 aromatic heterocycles. The van der Waals surface area contributed by atoms with Gasteiger partial charge in [-0.25, -0.2) is 9.78 Å². The van der Waals surface area contributed by atoms with Gasteiger partial charge in [0.2, 0.25) is 0 Å². The molecule has 0 fully saturated rings. The predicted octanol–water partition coefficient (Wildman–Crippen LogP) is 1.48. The molecule has 3 rings (SSSR count). The van der Waals surface area contributed by atoms with Crippen molar-refractivity contribution in [2.24, 2.45) is 0 Å². The molecule has 0 aliphatic heterocycles. The van der Waals surface area contributed by atoms with Crippen LogP contribution in [0.2, 0.25) is 0 Å². The van der Waals surface area contributed by atoms with E-state index in [1.165, 1.54) is 18.5 Å². The fourth-order valence-electron chi connectivity index (χ4n) is 2.05. The first-order valence-corrected chi connectivity index (χ1v) is 5.44. The van der Waals surface area contributed by atoms with Gasteiger partial charge in [-0.2, -0.15) is 0 Å². The third-order valence-corrected chi connectivity index (χ3v) is 2.93. The zero-order valence-corrected chi connectivity index (χ0v) is 9.54. The number of nitrogens with zero attached hydrogens (tertiary/aromatic N) is 1. The van der Waals surface area contributed by atoms with Crippen LogP contribution in [0.15, 0.2) is 35.4 Å². The molecular weight excluding hydrogens is 248 g/mol. The number of hydrogen-bond acceptors (Lipinski definition) is 4. The average molecular weight is 256 g/mol. The van der Waals surface area contributed by atoms with Crippen molar-refractivity contribution in [2.75, 3.05) is 0 Å². The van der Waals surface area contributed by atoms with Gasteiger partial charge in [-0.3, -0.25) is 4.79 Å². The van der Waals surface area contributed by atoms with E-state index in [4.69, 9.17) is 5.11 Å². The lowest BCUT2D eigenvalue weighted by molar-refractivity contribution is 0.0693. The molecule has 0 aliphatic carbocycles. The molecule has 0 radical (unpaired) electrons. The summed E-state index contributed by atoms with van der Waals surface area (Å²) in [6.45, 7) is 0. The predicted molar refractivity (Wildman–Crippen MR) is 68.5 cm³/mol. The number of H-pyrrole nitrogens is 1. The van der Waals surface area contributed by atoms with Crippen molar-refractivity contribution in [3.63, 3.8) is 0 Å². The largest absolute Gasteiger partial charge is 0.506 e. The van der Waals surface area contributed by atoms with E-state index in [-0.39, 0.29) is 16.7 Å². The first-order chi connectivity index (χ1) is 9.08. The van der Waals surface area contributed by atoms with Crippen LogP contribution in [0.3, 0.4) is 0 Å². The van der Waals surface area contributed by atoms with Gasteiger partial charge in [0.1, 0.15) is 11.3 Å². The van der Waals surface area contributed by atoms with E-state index >= 15 is 0 Å². The Bertz CT molecular complexity index is 883. The number of aromatic amines is 1. The molecule has 0 bridgehead atoms. The van der Waals surface area contributed by atoms with Crippen LogP contribution in [0.5, 0.6) is 5.75 Å². The lowest BCUT2D eigenvalue weighted by atomic mass is 10.1. The summed E-state index contributed by atoms with van der Waals surface area (Å²) in [5.74, 6) is -1.55. The third kappa shape index (κ3) is 1.61. The monoisotopic (exact) mass is 256 g/mol. The zero-order chi connectivity index (χ0) is 13.6. The first kappa shape index (κ1) is 11.2. The molecule has 94 valence electrons. The normalized spacial score (nSPS) is 10.9. The van der Waals surface area contributed by atoms with E-state index in [1.54, 1.807) is 12.1 Å². The van der Waals surface area contributed by atoms with E-state index < -0.39 is 5.97 Å². The Morgan fingerprint density at radius 2 is 2.11 bits per heavy atom. The molecule has 19 heavy (non-hydrogen) atoms. The molecule has 0 spiro atoms. The van der Waals surface area contributed by atoms with Crippen LogP contribution in [0.4, 0.5) is 0 Å². The third-order valence-electron chi connectivity index (χ3n) is 2.93. The van der Waals surface area contributed by atoms with Gasteiger partial charge in [0.15, 0.2) is 5.43 Å². The molecule has 6 nitrogen and oxygen atoms in total. The van der Waals surface area contributed by atoms with Crippen molar-refractivity contribution in [1.82, 2.24) is 9.97 Å². The standard InChI is InChI=1S/C13H8N2O4/c16-7-3-6-1-2-8-11(10(6)14-4-7)15-5-9(12(8)17)13(18)19/h1-5,15,17H,(H,18,19). The van der Waals surface area contributed by atoms with Gasteiger partial charge < -0.3 is 15.2 Å². The summed E-state index contributed by atoms with van der Waals surface area (Å²) in [4.78, 5) is 29.0. The molecule has 0 saturated heterocycles. The lowest BCUT2D eigenvalue weighted by Crippen LogP contribution is -2.01. The highest BCUT2D eigenvalue weighted by Gasteiger charge is 2.14. The molecule has 3 aromatic rings. The van der Waals surface area contributed by atoms with Gasteiger partial charge in [-0.15, -0.1) is 0 Å². The Labute approximate surface area is 106 Å².